The number of aliphatic hydroxyl groups is 3. The maximum absolute atomic E-state index is 8.73. The number of hydrogen-bond donors (Lipinski definition) is 4. The Morgan fingerprint density at radius 2 is 1.69 bits per heavy atom. The van der Waals surface area contributed by atoms with E-state index in [4.69, 9.17) is 21.1 Å². The summed E-state index contributed by atoms with van der Waals surface area (Å²) in [5.74, 6) is -2.81. The van der Waals surface area contributed by atoms with Crippen LogP contribution in [0.15, 0.2) is 30.3 Å². The highest BCUT2D eigenvalue weighted by Gasteiger charge is 2.28. The van der Waals surface area contributed by atoms with Gasteiger partial charge in [0.05, 0.1) is 6.04 Å². The van der Waals surface area contributed by atoms with Crippen molar-refractivity contribution in [3.63, 3.8) is 0 Å². The van der Waals surface area contributed by atoms with Crippen molar-refractivity contribution in [2.24, 2.45) is 5.73 Å². The van der Waals surface area contributed by atoms with Crippen LogP contribution in [0, 0.1) is 0 Å². The topological polar surface area (TPSA) is 86.7 Å². The smallest absolute Gasteiger partial charge is 0.291 e. The highest BCUT2D eigenvalue weighted by atomic mass is 16.7. The van der Waals surface area contributed by atoms with Crippen molar-refractivity contribution >= 4 is 0 Å². The van der Waals surface area contributed by atoms with E-state index in [0.29, 0.717) is 0 Å². The Kier molecular flexibility index (Phi) is 3.00. The van der Waals surface area contributed by atoms with Gasteiger partial charge in [-0.25, -0.2) is 0 Å². The predicted molar refractivity (Wildman–Crippen MR) is 47.5 cm³/mol. The summed E-state index contributed by atoms with van der Waals surface area (Å²) in [5, 5.41) is 26.2. The van der Waals surface area contributed by atoms with Crippen LogP contribution in [0.3, 0.4) is 0 Å². The molecular formula is C9H13NO3. The fourth-order valence-electron chi connectivity index (χ4n) is 1.00. The van der Waals surface area contributed by atoms with E-state index in [1.54, 1.807) is 12.1 Å². The zero-order valence-corrected chi connectivity index (χ0v) is 7.09. The van der Waals surface area contributed by atoms with Crippen LogP contribution < -0.4 is 5.73 Å². The van der Waals surface area contributed by atoms with Gasteiger partial charge in [0.25, 0.3) is 5.97 Å². The van der Waals surface area contributed by atoms with Gasteiger partial charge in [-0.2, -0.15) is 0 Å². The molecule has 1 atom stereocenters. The molecule has 13 heavy (non-hydrogen) atoms. The van der Waals surface area contributed by atoms with E-state index in [-0.39, 0.29) is 6.42 Å². The van der Waals surface area contributed by atoms with Crippen molar-refractivity contribution in [1.29, 1.82) is 0 Å². The Labute approximate surface area is 76.2 Å². The average molecular weight is 183 g/mol. The molecule has 0 aliphatic carbocycles. The van der Waals surface area contributed by atoms with Gasteiger partial charge in [-0.1, -0.05) is 30.3 Å². The molecule has 0 aliphatic rings. The van der Waals surface area contributed by atoms with Crippen LogP contribution in [0.2, 0.25) is 0 Å². The monoisotopic (exact) mass is 183 g/mol. The summed E-state index contributed by atoms with van der Waals surface area (Å²) in [5.41, 5.74) is 6.18. The Morgan fingerprint density at radius 1 is 1.15 bits per heavy atom. The van der Waals surface area contributed by atoms with E-state index in [0.717, 1.165) is 5.56 Å². The number of hydrogen-bond acceptors (Lipinski definition) is 4. The van der Waals surface area contributed by atoms with Crippen molar-refractivity contribution < 1.29 is 15.3 Å². The third-order valence-corrected chi connectivity index (χ3v) is 1.80. The maximum Gasteiger partial charge on any atom is 0.291 e. The average Bonchev–Trinajstić information content (AvgIpc) is 2.04. The molecule has 1 unspecified atom stereocenters. The molecular weight excluding hydrogens is 170 g/mol. The van der Waals surface area contributed by atoms with Gasteiger partial charge in [-0.3, -0.25) is 0 Å². The first-order chi connectivity index (χ1) is 6.00. The normalized spacial score (nSPS) is 14.2. The summed E-state index contributed by atoms with van der Waals surface area (Å²) in [6, 6.07) is 7.97. The molecule has 0 aromatic heterocycles. The molecule has 0 saturated carbocycles. The van der Waals surface area contributed by atoms with Crippen LogP contribution in [-0.2, 0) is 6.42 Å². The van der Waals surface area contributed by atoms with E-state index < -0.39 is 12.0 Å². The molecule has 0 amide bonds. The second kappa shape index (κ2) is 3.85. The lowest BCUT2D eigenvalue weighted by Crippen LogP contribution is -2.49. The highest BCUT2D eigenvalue weighted by molar-refractivity contribution is 5.16. The molecule has 0 spiro atoms. The summed E-state index contributed by atoms with van der Waals surface area (Å²) >= 11 is 0. The minimum Gasteiger partial charge on any atom is -0.342 e. The second-order valence-electron chi connectivity index (χ2n) is 2.98. The van der Waals surface area contributed by atoms with E-state index in [9.17, 15) is 0 Å². The lowest BCUT2D eigenvalue weighted by Gasteiger charge is -2.21. The molecule has 0 fully saturated rings. The summed E-state index contributed by atoms with van der Waals surface area (Å²) < 4.78 is 0. The summed E-state index contributed by atoms with van der Waals surface area (Å²) in [7, 11) is 0. The Hall–Kier alpha value is -0.940. The Morgan fingerprint density at radius 3 is 2.15 bits per heavy atom. The molecule has 1 aromatic rings. The van der Waals surface area contributed by atoms with Crippen LogP contribution in [-0.4, -0.2) is 27.3 Å². The minimum atomic E-state index is -2.81. The van der Waals surface area contributed by atoms with Gasteiger partial charge in [0, 0.05) is 0 Å². The zero-order valence-electron chi connectivity index (χ0n) is 7.09. The zero-order chi connectivity index (χ0) is 9.90. The van der Waals surface area contributed by atoms with Crippen molar-refractivity contribution in [3.05, 3.63) is 35.9 Å². The lowest BCUT2D eigenvalue weighted by atomic mass is 10.1. The van der Waals surface area contributed by atoms with Gasteiger partial charge >= 0.3 is 0 Å². The molecule has 1 aromatic carbocycles. The van der Waals surface area contributed by atoms with E-state index >= 15 is 0 Å². The van der Waals surface area contributed by atoms with Crippen LogP contribution >= 0.6 is 0 Å². The van der Waals surface area contributed by atoms with Crippen molar-refractivity contribution in [1.82, 2.24) is 0 Å². The van der Waals surface area contributed by atoms with Gasteiger partial charge in [0.1, 0.15) is 0 Å². The highest BCUT2D eigenvalue weighted by Crippen LogP contribution is 2.07. The SMILES string of the molecule is NC(Cc1ccccc1)C(O)(O)O. The predicted octanol–water partition coefficient (Wildman–Crippen LogP) is -0.813. The Bertz CT molecular complexity index is 255. The largest absolute Gasteiger partial charge is 0.342 e. The first-order valence-corrected chi connectivity index (χ1v) is 3.97. The van der Waals surface area contributed by atoms with E-state index in [1.165, 1.54) is 0 Å². The molecule has 0 radical (unpaired) electrons. The van der Waals surface area contributed by atoms with Gasteiger partial charge in [0.2, 0.25) is 0 Å². The molecule has 0 aliphatic heterocycles. The molecule has 72 valence electrons. The second-order valence-corrected chi connectivity index (χ2v) is 2.98. The lowest BCUT2D eigenvalue weighted by molar-refractivity contribution is -0.322. The van der Waals surface area contributed by atoms with Crippen LogP contribution in [0.4, 0.5) is 0 Å². The van der Waals surface area contributed by atoms with Crippen molar-refractivity contribution in [3.8, 4) is 0 Å². The van der Waals surface area contributed by atoms with E-state index in [1.807, 2.05) is 18.2 Å². The molecule has 4 heteroatoms. The molecule has 5 N–H and O–H groups in total. The fourth-order valence-corrected chi connectivity index (χ4v) is 1.00. The summed E-state index contributed by atoms with van der Waals surface area (Å²) in [6.07, 6.45) is 0.213. The Balaban J connectivity index is 2.61. The quantitative estimate of drug-likeness (QED) is 0.461. The van der Waals surface area contributed by atoms with E-state index in [2.05, 4.69) is 0 Å². The first-order valence-electron chi connectivity index (χ1n) is 3.97. The number of rotatable bonds is 3. The van der Waals surface area contributed by atoms with Gasteiger partial charge in [-0.15, -0.1) is 0 Å². The maximum atomic E-state index is 8.73. The number of benzene rings is 1. The fraction of sp³-hybridized carbons (Fsp3) is 0.333. The first kappa shape index (κ1) is 10.1. The standard InChI is InChI=1S/C9H13NO3/c10-8(9(11,12)13)6-7-4-2-1-3-5-7/h1-5,8,11-13H,6,10H2. The van der Waals surface area contributed by atoms with Gasteiger partial charge < -0.3 is 21.1 Å². The van der Waals surface area contributed by atoms with Crippen LogP contribution in [0.25, 0.3) is 0 Å². The van der Waals surface area contributed by atoms with Crippen LogP contribution in [0.5, 0.6) is 0 Å². The van der Waals surface area contributed by atoms with Crippen molar-refractivity contribution in [2.75, 3.05) is 0 Å². The number of nitrogens with two attached hydrogens (primary N) is 1. The summed E-state index contributed by atoms with van der Waals surface area (Å²) in [4.78, 5) is 0. The molecule has 0 bridgehead atoms. The van der Waals surface area contributed by atoms with Crippen LogP contribution in [0.1, 0.15) is 5.56 Å². The van der Waals surface area contributed by atoms with Gasteiger partial charge in [0.15, 0.2) is 0 Å². The van der Waals surface area contributed by atoms with Gasteiger partial charge in [-0.05, 0) is 12.0 Å². The minimum absolute atomic E-state index is 0.213. The summed E-state index contributed by atoms with van der Waals surface area (Å²) in [6.45, 7) is 0. The molecule has 1 rings (SSSR count). The molecule has 4 nitrogen and oxygen atoms in total. The third-order valence-electron chi connectivity index (χ3n) is 1.80. The van der Waals surface area contributed by atoms with Crippen molar-refractivity contribution in [2.45, 2.75) is 18.4 Å². The third kappa shape index (κ3) is 3.12. The molecule has 0 saturated heterocycles. The molecule has 0 heterocycles.